The van der Waals surface area contributed by atoms with Crippen molar-refractivity contribution in [2.24, 2.45) is 0 Å². The van der Waals surface area contributed by atoms with E-state index in [1.807, 2.05) is 6.07 Å². The van der Waals surface area contributed by atoms with Crippen LogP contribution in [0.3, 0.4) is 0 Å². The minimum atomic E-state index is 0.422. The number of methoxy groups -OCH3 is 3. The van der Waals surface area contributed by atoms with Crippen molar-refractivity contribution in [3.63, 3.8) is 0 Å². The van der Waals surface area contributed by atoms with Gasteiger partial charge >= 0.3 is 0 Å². The van der Waals surface area contributed by atoms with E-state index in [4.69, 9.17) is 19.5 Å². The average Bonchev–Trinajstić information content (AvgIpc) is 2.55. The Morgan fingerprint density at radius 3 is 2.43 bits per heavy atom. The molecule has 0 aromatic heterocycles. The van der Waals surface area contributed by atoms with Crippen LogP contribution < -0.4 is 0 Å². The van der Waals surface area contributed by atoms with E-state index < -0.39 is 0 Å². The Labute approximate surface area is 82.7 Å². The lowest BCUT2D eigenvalue weighted by Crippen LogP contribution is -1.93. The SMILES string of the molecule is CO/C=C1\C=C(OC)C(OC)=C1C#N. The standard InChI is InChI=1S/C10H11NO3/c1-12-6-7-4-9(13-2)10(14-3)8(7)5-11/h4,6H,1-3H3/b7-6+. The summed E-state index contributed by atoms with van der Waals surface area (Å²) in [5, 5.41) is 8.90. The van der Waals surface area contributed by atoms with Gasteiger partial charge in [0.05, 0.1) is 27.6 Å². The molecule has 0 fully saturated rings. The van der Waals surface area contributed by atoms with Crippen molar-refractivity contribution in [3.05, 3.63) is 35.0 Å². The smallest absolute Gasteiger partial charge is 0.179 e. The molecule has 0 aromatic rings. The number of ether oxygens (including phenoxy) is 3. The molecule has 0 unspecified atom stereocenters. The molecule has 1 aliphatic rings. The molecule has 0 aromatic carbocycles. The van der Waals surface area contributed by atoms with Crippen molar-refractivity contribution in [2.75, 3.05) is 21.3 Å². The minimum absolute atomic E-state index is 0.422. The van der Waals surface area contributed by atoms with Crippen LogP contribution in [0.1, 0.15) is 0 Å². The lowest BCUT2D eigenvalue weighted by molar-refractivity contribution is 0.222. The predicted molar refractivity (Wildman–Crippen MR) is 49.8 cm³/mol. The second kappa shape index (κ2) is 4.38. The fraction of sp³-hybridized carbons (Fsp3) is 0.300. The van der Waals surface area contributed by atoms with E-state index in [1.165, 1.54) is 27.6 Å². The van der Waals surface area contributed by atoms with Gasteiger partial charge in [-0.1, -0.05) is 0 Å². The fourth-order valence-corrected chi connectivity index (χ4v) is 1.22. The molecule has 1 rings (SSSR count). The first-order valence-electron chi connectivity index (χ1n) is 3.96. The van der Waals surface area contributed by atoms with E-state index in [9.17, 15) is 0 Å². The molecule has 0 atom stereocenters. The van der Waals surface area contributed by atoms with Gasteiger partial charge in [0.15, 0.2) is 11.5 Å². The molecule has 0 aliphatic heterocycles. The molecule has 4 heteroatoms. The van der Waals surface area contributed by atoms with Crippen LogP contribution in [-0.2, 0) is 14.2 Å². The second-order valence-corrected chi connectivity index (χ2v) is 2.54. The number of allylic oxidation sites excluding steroid dienone is 3. The van der Waals surface area contributed by atoms with Crippen LogP contribution in [0.25, 0.3) is 0 Å². The van der Waals surface area contributed by atoms with Crippen LogP contribution in [0.2, 0.25) is 0 Å². The van der Waals surface area contributed by atoms with Crippen molar-refractivity contribution < 1.29 is 14.2 Å². The quantitative estimate of drug-likeness (QED) is 0.637. The van der Waals surface area contributed by atoms with Gasteiger partial charge in [0.1, 0.15) is 11.6 Å². The summed E-state index contributed by atoms with van der Waals surface area (Å²) in [6, 6.07) is 2.04. The van der Waals surface area contributed by atoms with Gasteiger partial charge in [-0.25, -0.2) is 0 Å². The monoisotopic (exact) mass is 193 g/mol. The van der Waals surface area contributed by atoms with Gasteiger partial charge in [0.2, 0.25) is 0 Å². The average molecular weight is 193 g/mol. The summed E-state index contributed by atoms with van der Waals surface area (Å²) in [6.45, 7) is 0. The number of nitrogens with zero attached hydrogens (tertiary/aromatic N) is 1. The van der Waals surface area contributed by atoms with Crippen molar-refractivity contribution in [1.82, 2.24) is 0 Å². The zero-order valence-electron chi connectivity index (χ0n) is 8.33. The maximum absolute atomic E-state index is 8.90. The first kappa shape index (κ1) is 10.2. The van der Waals surface area contributed by atoms with Crippen LogP contribution >= 0.6 is 0 Å². The number of hydrogen-bond acceptors (Lipinski definition) is 4. The van der Waals surface area contributed by atoms with E-state index in [0.717, 1.165) is 0 Å². The maximum atomic E-state index is 8.90. The molecule has 0 N–H and O–H groups in total. The summed E-state index contributed by atoms with van der Waals surface area (Å²) in [5.74, 6) is 0.977. The Morgan fingerprint density at radius 2 is 2.00 bits per heavy atom. The highest BCUT2D eigenvalue weighted by Gasteiger charge is 2.23. The van der Waals surface area contributed by atoms with Gasteiger partial charge in [0.25, 0.3) is 0 Å². The van der Waals surface area contributed by atoms with Crippen molar-refractivity contribution in [2.45, 2.75) is 0 Å². The topological polar surface area (TPSA) is 51.5 Å². The Kier molecular flexibility index (Phi) is 3.19. The second-order valence-electron chi connectivity index (χ2n) is 2.54. The Morgan fingerprint density at radius 1 is 1.29 bits per heavy atom. The third kappa shape index (κ3) is 1.57. The lowest BCUT2D eigenvalue weighted by Gasteiger charge is -2.04. The molecule has 0 spiro atoms. The van der Waals surface area contributed by atoms with Crippen LogP contribution in [0.15, 0.2) is 35.0 Å². The highest BCUT2D eigenvalue weighted by Crippen LogP contribution is 2.30. The summed E-state index contributed by atoms with van der Waals surface area (Å²) < 4.78 is 15.0. The minimum Gasteiger partial charge on any atom is -0.504 e. The van der Waals surface area contributed by atoms with Gasteiger partial charge < -0.3 is 14.2 Å². The normalized spacial score (nSPS) is 17.9. The summed E-state index contributed by atoms with van der Waals surface area (Å²) in [7, 11) is 4.54. The van der Waals surface area contributed by atoms with Gasteiger partial charge in [-0.05, 0) is 6.08 Å². The van der Waals surface area contributed by atoms with E-state index >= 15 is 0 Å². The van der Waals surface area contributed by atoms with Gasteiger partial charge in [0, 0.05) is 5.57 Å². The fourth-order valence-electron chi connectivity index (χ4n) is 1.22. The molecule has 1 aliphatic carbocycles. The third-order valence-electron chi connectivity index (χ3n) is 1.81. The lowest BCUT2D eigenvalue weighted by atomic mass is 10.2. The molecule has 0 saturated carbocycles. The Hall–Kier alpha value is -1.89. The number of rotatable bonds is 3. The van der Waals surface area contributed by atoms with Crippen molar-refractivity contribution in [3.8, 4) is 6.07 Å². The molecule has 74 valence electrons. The van der Waals surface area contributed by atoms with Crippen molar-refractivity contribution >= 4 is 0 Å². The summed E-state index contributed by atoms with van der Waals surface area (Å²) in [6.07, 6.45) is 3.17. The van der Waals surface area contributed by atoms with Crippen molar-refractivity contribution in [1.29, 1.82) is 5.26 Å². The largest absolute Gasteiger partial charge is 0.504 e. The van der Waals surface area contributed by atoms with Crippen LogP contribution in [-0.4, -0.2) is 21.3 Å². The Bertz CT molecular complexity index is 358. The first-order valence-corrected chi connectivity index (χ1v) is 3.96. The number of nitriles is 1. The Balaban J connectivity index is 3.17. The molecule has 0 heterocycles. The molecular formula is C10H11NO3. The predicted octanol–water partition coefficient (Wildman–Crippen LogP) is 1.48. The van der Waals surface area contributed by atoms with Gasteiger partial charge in [-0.3, -0.25) is 0 Å². The summed E-state index contributed by atoms with van der Waals surface area (Å²) in [5.41, 5.74) is 1.08. The highest BCUT2D eigenvalue weighted by molar-refractivity contribution is 5.59. The van der Waals surface area contributed by atoms with Gasteiger partial charge in [-0.2, -0.15) is 5.26 Å². The summed E-state index contributed by atoms with van der Waals surface area (Å²) >= 11 is 0. The molecule has 0 saturated heterocycles. The highest BCUT2D eigenvalue weighted by atomic mass is 16.5. The van der Waals surface area contributed by atoms with Crippen LogP contribution in [0.4, 0.5) is 0 Å². The van der Waals surface area contributed by atoms with E-state index in [0.29, 0.717) is 22.7 Å². The first-order chi connectivity index (χ1) is 6.78. The zero-order valence-corrected chi connectivity index (χ0v) is 8.33. The van der Waals surface area contributed by atoms with E-state index in [-0.39, 0.29) is 0 Å². The van der Waals surface area contributed by atoms with Crippen LogP contribution in [0.5, 0.6) is 0 Å². The molecule has 0 amide bonds. The molecule has 0 bridgehead atoms. The third-order valence-corrected chi connectivity index (χ3v) is 1.81. The molecule has 0 radical (unpaired) electrons. The van der Waals surface area contributed by atoms with Gasteiger partial charge in [-0.15, -0.1) is 0 Å². The molecular weight excluding hydrogens is 182 g/mol. The van der Waals surface area contributed by atoms with E-state index in [2.05, 4.69) is 0 Å². The van der Waals surface area contributed by atoms with E-state index in [1.54, 1.807) is 6.08 Å². The maximum Gasteiger partial charge on any atom is 0.179 e. The molecule has 4 nitrogen and oxygen atoms in total. The summed E-state index contributed by atoms with van der Waals surface area (Å²) in [4.78, 5) is 0. The number of hydrogen-bond donors (Lipinski definition) is 0. The zero-order chi connectivity index (χ0) is 10.6. The molecule has 14 heavy (non-hydrogen) atoms. The van der Waals surface area contributed by atoms with Crippen LogP contribution in [0, 0.1) is 11.3 Å².